The Balaban J connectivity index is 1.65. The summed E-state index contributed by atoms with van der Waals surface area (Å²) in [5.41, 5.74) is 3.71. The van der Waals surface area contributed by atoms with Gasteiger partial charge in [-0.3, -0.25) is 4.79 Å². The Hall–Kier alpha value is -2.47. The quantitative estimate of drug-likeness (QED) is 0.735. The summed E-state index contributed by atoms with van der Waals surface area (Å²) in [7, 11) is 0. The second-order valence-electron chi connectivity index (χ2n) is 5.50. The molecule has 0 radical (unpaired) electrons. The van der Waals surface area contributed by atoms with E-state index >= 15 is 0 Å². The average molecular weight is 386 g/mol. The van der Waals surface area contributed by atoms with Crippen LogP contribution in [0.15, 0.2) is 51.5 Å². The van der Waals surface area contributed by atoms with Crippen molar-refractivity contribution in [3.8, 4) is 11.4 Å². The minimum Gasteiger partial charge on any atom is -0.343 e. The van der Waals surface area contributed by atoms with Gasteiger partial charge in [-0.1, -0.05) is 27.2 Å². The fourth-order valence-electron chi connectivity index (χ4n) is 2.18. The van der Waals surface area contributed by atoms with Gasteiger partial charge in [0, 0.05) is 15.6 Å². The van der Waals surface area contributed by atoms with Crippen LogP contribution in [-0.4, -0.2) is 16.0 Å². The minimum absolute atomic E-state index is 0.165. The van der Waals surface area contributed by atoms with Crippen molar-refractivity contribution in [3.63, 3.8) is 0 Å². The number of aromatic nitrogens is 2. The van der Waals surface area contributed by atoms with Gasteiger partial charge in [0.05, 0.1) is 6.54 Å². The van der Waals surface area contributed by atoms with Gasteiger partial charge in [0.1, 0.15) is 0 Å². The molecule has 122 valence electrons. The molecule has 3 rings (SSSR count). The lowest BCUT2D eigenvalue weighted by molar-refractivity contribution is 0.0946. The molecule has 1 heterocycles. The molecule has 2 aromatic carbocycles. The summed E-state index contributed by atoms with van der Waals surface area (Å²) < 4.78 is 6.17. The van der Waals surface area contributed by atoms with E-state index in [0.717, 1.165) is 21.2 Å². The van der Waals surface area contributed by atoms with Gasteiger partial charge in [-0.2, -0.15) is 4.98 Å². The van der Waals surface area contributed by atoms with Gasteiger partial charge < -0.3 is 9.84 Å². The van der Waals surface area contributed by atoms with Crippen molar-refractivity contribution in [2.24, 2.45) is 0 Å². The molecule has 0 saturated carbocycles. The number of benzene rings is 2. The minimum atomic E-state index is -0.165. The summed E-state index contributed by atoms with van der Waals surface area (Å²) in [6.45, 7) is 4.18. The Bertz CT molecular complexity index is 872. The SMILES string of the molecule is Cc1ccc(C(=O)NCc2nc(-c3ccc(Br)cc3)no2)cc1C. The van der Waals surface area contributed by atoms with Crippen LogP contribution in [0.4, 0.5) is 0 Å². The molecule has 0 atom stereocenters. The molecular formula is C18H16BrN3O2. The van der Waals surface area contributed by atoms with E-state index in [1.54, 1.807) is 6.07 Å². The number of rotatable bonds is 4. The molecule has 0 aliphatic heterocycles. The van der Waals surface area contributed by atoms with Crippen LogP contribution in [-0.2, 0) is 6.54 Å². The van der Waals surface area contributed by atoms with E-state index in [9.17, 15) is 4.79 Å². The maximum atomic E-state index is 12.2. The van der Waals surface area contributed by atoms with Crippen LogP contribution in [0, 0.1) is 13.8 Å². The van der Waals surface area contributed by atoms with Crippen LogP contribution < -0.4 is 5.32 Å². The largest absolute Gasteiger partial charge is 0.343 e. The van der Waals surface area contributed by atoms with E-state index in [1.807, 2.05) is 50.2 Å². The maximum Gasteiger partial charge on any atom is 0.251 e. The van der Waals surface area contributed by atoms with Crippen LogP contribution in [0.5, 0.6) is 0 Å². The first-order chi connectivity index (χ1) is 11.5. The van der Waals surface area contributed by atoms with Gasteiger partial charge in [0.25, 0.3) is 5.91 Å². The molecule has 0 aliphatic carbocycles. The average Bonchev–Trinajstić information content (AvgIpc) is 3.05. The molecular weight excluding hydrogens is 370 g/mol. The van der Waals surface area contributed by atoms with Crippen molar-refractivity contribution in [3.05, 3.63) is 69.5 Å². The lowest BCUT2D eigenvalue weighted by atomic mass is 10.1. The highest BCUT2D eigenvalue weighted by Crippen LogP contribution is 2.19. The Morgan fingerprint density at radius 3 is 2.58 bits per heavy atom. The van der Waals surface area contributed by atoms with Crippen molar-refractivity contribution in [1.29, 1.82) is 0 Å². The zero-order valence-corrected chi connectivity index (χ0v) is 14.9. The normalized spacial score (nSPS) is 10.6. The number of hydrogen-bond donors (Lipinski definition) is 1. The third kappa shape index (κ3) is 3.71. The number of amides is 1. The van der Waals surface area contributed by atoms with Crippen LogP contribution >= 0.6 is 15.9 Å². The molecule has 0 unspecified atom stereocenters. The van der Waals surface area contributed by atoms with Gasteiger partial charge in [0.2, 0.25) is 11.7 Å². The molecule has 0 aliphatic rings. The smallest absolute Gasteiger partial charge is 0.251 e. The summed E-state index contributed by atoms with van der Waals surface area (Å²) >= 11 is 3.38. The summed E-state index contributed by atoms with van der Waals surface area (Å²) in [5, 5.41) is 6.73. The molecule has 0 saturated heterocycles. The number of halogens is 1. The summed E-state index contributed by atoms with van der Waals surface area (Å²) in [6.07, 6.45) is 0. The van der Waals surface area contributed by atoms with Crippen molar-refractivity contribution < 1.29 is 9.32 Å². The molecule has 0 spiro atoms. The monoisotopic (exact) mass is 385 g/mol. The van der Waals surface area contributed by atoms with E-state index in [4.69, 9.17) is 4.52 Å². The third-order valence-electron chi connectivity index (χ3n) is 3.74. The number of hydrogen-bond acceptors (Lipinski definition) is 4. The number of carbonyl (C=O) groups is 1. The van der Waals surface area contributed by atoms with E-state index in [2.05, 4.69) is 31.4 Å². The van der Waals surface area contributed by atoms with Crippen LogP contribution in [0.3, 0.4) is 0 Å². The maximum absolute atomic E-state index is 12.2. The van der Waals surface area contributed by atoms with Gasteiger partial charge in [-0.05, 0) is 61.4 Å². The molecule has 6 heteroatoms. The van der Waals surface area contributed by atoms with Crippen molar-refractivity contribution >= 4 is 21.8 Å². The van der Waals surface area contributed by atoms with Crippen molar-refractivity contribution in [1.82, 2.24) is 15.5 Å². The van der Waals surface area contributed by atoms with Gasteiger partial charge in [0.15, 0.2) is 0 Å². The van der Waals surface area contributed by atoms with E-state index < -0.39 is 0 Å². The van der Waals surface area contributed by atoms with Crippen molar-refractivity contribution in [2.45, 2.75) is 20.4 Å². The summed E-state index contributed by atoms with van der Waals surface area (Å²) in [5.74, 6) is 0.699. The lowest BCUT2D eigenvalue weighted by Gasteiger charge is -2.05. The number of nitrogens with zero attached hydrogens (tertiary/aromatic N) is 2. The highest BCUT2D eigenvalue weighted by Gasteiger charge is 2.11. The predicted molar refractivity (Wildman–Crippen MR) is 94.5 cm³/mol. The van der Waals surface area contributed by atoms with Crippen LogP contribution in [0.1, 0.15) is 27.4 Å². The standard InChI is InChI=1S/C18H16BrN3O2/c1-11-3-4-14(9-12(11)2)18(23)20-10-16-21-17(22-24-16)13-5-7-15(19)8-6-13/h3-9H,10H2,1-2H3,(H,20,23). The highest BCUT2D eigenvalue weighted by atomic mass is 79.9. The Morgan fingerprint density at radius 2 is 1.88 bits per heavy atom. The molecule has 24 heavy (non-hydrogen) atoms. The summed E-state index contributed by atoms with van der Waals surface area (Å²) in [4.78, 5) is 16.5. The zero-order chi connectivity index (χ0) is 17.1. The van der Waals surface area contributed by atoms with Gasteiger partial charge >= 0.3 is 0 Å². The topological polar surface area (TPSA) is 68.0 Å². The Kier molecular flexibility index (Phi) is 4.76. The molecule has 0 bridgehead atoms. The molecule has 3 aromatic rings. The van der Waals surface area contributed by atoms with Crippen molar-refractivity contribution in [2.75, 3.05) is 0 Å². The molecule has 0 fully saturated rings. The zero-order valence-electron chi connectivity index (χ0n) is 13.3. The number of carbonyl (C=O) groups excluding carboxylic acids is 1. The Morgan fingerprint density at radius 1 is 1.12 bits per heavy atom. The first-order valence-electron chi connectivity index (χ1n) is 7.47. The first-order valence-corrected chi connectivity index (χ1v) is 8.26. The fourth-order valence-corrected chi connectivity index (χ4v) is 2.45. The third-order valence-corrected chi connectivity index (χ3v) is 4.27. The summed E-state index contributed by atoms with van der Waals surface area (Å²) in [6, 6.07) is 13.2. The first kappa shape index (κ1) is 16.4. The molecule has 1 N–H and O–H groups in total. The fraction of sp³-hybridized carbons (Fsp3) is 0.167. The predicted octanol–water partition coefficient (Wildman–Crippen LogP) is 4.05. The lowest BCUT2D eigenvalue weighted by Crippen LogP contribution is -2.23. The second kappa shape index (κ2) is 6.97. The van der Waals surface area contributed by atoms with Crippen LogP contribution in [0.25, 0.3) is 11.4 Å². The second-order valence-corrected chi connectivity index (χ2v) is 6.42. The van der Waals surface area contributed by atoms with Gasteiger partial charge in [-0.25, -0.2) is 0 Å². The molecule has 1 amide bonds. The van der Waals surface area contributed by atoms with E-state index in [0.29, 0.717) is 17.3 Å². The van der Waals surface area contributed by atoms with E-state index in [-0.39, 0.29) is 12.5 Å². The van der Waals surface area contributed by atoms with Gasteiger partial charge in [-0.15, -0.1) is 0 Å². The van der Waals surface area contributed by atoms with Crippen LogP contribution in [0.2, 0.25) is 0 Å². The molecule has 5 nitrogen and oxygen atoms in total. The van der Waals surface area contributed by atoms with E-state index in [1.165, 1.54) is 0 Å². The highest BCUT2D eigenvalue weighted by molar-refractivity contribution is 9.10. The molecule has 1 aromatic heterocycles. The number of aryl methyl sites for hydroxylation is 2. The number of nitrogens with one attached hydrogen (secondary N) is 1. The Labute approximate surface area is 148 Å².